The predicted molar refractivity (Wildman–Crippen MR) is 70.5 cm³/mol. The predicted octanol–water partition coefficient (Wildman–Crippen LogP) is 0.902. The summed E-state index contributed by atoms with van der Waals surface area (Å²) in [6.45, 7) is 0.752. The van der Waals surface area contributed by atoms with Crippen molar-refractivity contribution in [3.63, 3.8) is 0 Å². The summed E-state index contributed by atoms with van der Waals surface area (Å²) in [7, 11) is -1.40. The summed E-state index contributed by atoms with van der Waals surface area (Å²) in [4.78, 5) is 4.46. The zero-order valence-electron chi connectivity index (χ0n) is 10.8. The first kappa shape index (κ1) is 13.7. The zero-order chi connectivity index (χ0) is 13.9. The van der Waals surface area contributed by atoms with Crippen molar-refractivity contribution in [1.29, 1.82) is 0 Å². The Morgan fingerprint density at radius 2 is 2.16 bits per heavy atom. The third-order valence-electron chi connectivity index (χ3n) is 2.58. The molecule has 0 saturated carbocycles. The monoisotopic (exact) mass is 281 g/mol. The number of sulfone groups is 1. The topological polar surface area (TPSA) is 85.1 Å². The second-order valence-electron chi connectivity index (χ2n) is 4.17. The Morgan fingerprint density at radius 3 is 2.84 bits per heavy atom. The van der Waals surface area contributed by atoms with Gasteiger partial charge in [-0.15, -0.1) is 0 Å². The highest BCUT2D eigenvalue weighted by Gasteiger charge is 2.12. The molecule has 0 aliphatic carbocycles. The number of nitrogens with one attached hydrogen (secondary N) is 1. The minimum atomic E-state index is -3.24. The molecule has 0 radical (unpaired) electrons. The van der Waals surface area contributed by atoms with Gasteiger partial charge in [-0.1, -0.05) is 11.2 Å². The van der Waals surface area contributed by atoms with E-state index in [9.17, 15) is 8.42 Å². The smallest absolute Gasteiger partial charge is 0.257 e. The lowest BCUT2D eigenvalue weighted by Gasteiger charge is -1.99. The summed E-state index contributed by atoms with van der Waals surface area (Å²) in [5.41, 5.74) is 0.603. The van der Waals surface area contributed by atoms with Crippen molar-refractivity contribution < 1.29 is 12.9 Å². The van der Waals surface area contributed by atoms with Gasteiger partial charge in [0.2, 0.25) is 0 Å². The molecule has 1 heterocycles. The molecule has 1 aromatic carbocycles. The Hall–Kier alpha value is -1.73. The maximum atomic E-state index is 11.5. The molecular weight excluding hydrogens is 266 g/mol. The van der Waals surface area contributed by atoms with Crippen LogP contribution in [0.4, 0.5) is 0 Å². The highest BCUT2D eigenvalue weighted by atomic mass is 32.2. The van der Waals surface area contributed by atoms with Crippen LogP contribution in [0.3, 0.4) is 0 Å². The van der Waals surface area contributed by atoms with Gasteiger partial charge in [-0.3, -0.25) is 0 Å². The van der Waals surface area contributed by atoms with Crippen LogP contribution in [0.2, 0.25) is 0 Å². The molecule has 0 aliphatic heterocycles. The summed E-state index contributed by atoms with van der Waals surface area (Å²) in [5, 5.41) is 6.84. The van der Waals surface area contributed by atoms with E-state index in [4.69, 9.17) is 4.52 Å². The van der Waals surface area contributed by atoms with Crippen LogP contribution in [0.5, 0.6) is 0 Å². The highest BCUT2D eigenvalue weighted by Crippen LogP contribution is 2.20. The van der Waals surface area contributed by atoms with Gasteiger partial charge in [0.15, 0.2) is 15.7 Å². The fourth-order valence-corrected chi connectivity index (χ4v) is 2.24. The number of hydrogen-bond acceptors (Lipinski definition) is 6. The van der Waals surface area contributed by atoms with Gasteiger partial charge in [0.25, 0.3) is 5.89 Å². The highest BCUT2D eigenvalue weighted by molar-refractivity contribution is 7.90. The average Bonchev–Trinajstić information content (AvgIpc) is 2.84. The van der Waals surface area contributed by atoms with Crippen LogP contribution in [0.15, 0.2) is 33.7 Å². The van der Waals surface area contributed by atoms with Crippen molar-refractivity contribution in [3.8, 4) is 11.5 Å². The van der Waals surface area contributed by atoms with Crippen LogP contribution in [0, 0.1) is 0 Å². The molecule has 0 spiro atoms. The Labute approximate surface area is 111 Å². The van der Waals surface area contributed by atoms with Crippen molar-refractivity contribution in [2.45, 2.75) is 11.3 Å². The van der Waals surface area contributed by atoms with Gasteiger partial charge in [0.1, 0.15) is 0 Å². The Bertz CT molecular complexity index is 664. The van der Waals surface area contributed by atoms with E-state index >= 15 is 0 Å². The molecule has 0 fully saturated rings. The van der Waals surface area contributed by atoms with Crippen molar-refractivity contribution in [3.05, 3.63) is 30.1 Å². The average molecular weight is 281 g/mol. The molecule has 2 aromatic rings. The van der Waals surface area contributed by atoms with E-state index in [0.717, 1.165) is 12.8 Å². The van der Waals surface area contributed by atoms with E-state index in [-0.39, 0.29) is 4.90 Å². The number of aromatic nitrogens is 2. The van der Waals surface area contributed by atoms with Crippen LogP contribution in [0.1, 0.15) is 5.82 Å². The maximum Gasteiger partial charge on any atom is 0.257 e. The minimum Gasteiger partial charge on any atom is -0.334 e. The number of rotatable bonds is 5. The lowest BCUT2D eigenvalue weighted by molar-refractivity contribution is 0.422. The van der Waals surface area contributed by atoms with Gasteiger partial charge >= 0.3 is 0 Å². The summed E-state index contributed by atoms with van der Waals surface area (Å²) < 4.78 is 28.1. The first-order chi connectivity index (χ1) is 9.00. The summed E-state index contributed by atoms with van der Waals surface area (Å²) in [6.07, 6.45) is 1.82. The van der Waals surface area contributed by atoms with Gasteiger partial charge in [0, 0.05) is 24.8 Å². The largest absolute Gasteiger partial charge is 0.334 e. The Balaban J connectivity index is 2.29. The quantitative estimate of drug-likeness (QED) is 0.876. The van der Waals surface area contributed by atoms with Crippen LogP contribution in [0.25, 0.3) is 11.5 Å². The first-order valence-corrected chi connectivity index (χ1v) is 7.67. The summed E-state index contributed by atoms with van der Waals surface area (Å²) >= 11 is 0. The molecule has 0 aliphatic rings. The molecule has 7 heteroatoms. The maximum absolute atomic E-state index is 11.5. The van der Waals surface area contributed by atoms with E-state index in [2.05, 4.69) is 15.5 Å². The van der Waals surface area contributed by atoms with E-state index in [0.29, 0.717) is 23.7 Å². The van der Waals surface area contributed by atoms with Gasteiger partial charge in [-0.25, -0.2) is 8.42 Å². The molecule has 1 aromatic heterocycles. The van der Waals surface area contributed by atoms with Crippen LogP contribution in [-0.4, -0.2) is 38.4 Å². The molecule has 0 bridgehead atoms. The molecule has 0 saturated heterocycles. The molecule has 2 rings (SSSR count). The molecule has 102 valence electrons. The molecule has 0 amide bonds. The van der Waals surface area contributed by atoms with Crippen molar-refractivity contribution in [2.24, 2.45) is 0 Å². The second kappa shape index (κ2) is 5.50. The SMILES string of the molecule is CNCCc1noc(-c2cccc(S(C)(=O)=O)c2)n1. The summed E-state index contributed by atoms with van der Waals surface area (Å²) in [5.74, 6) is 0.922. The van der Waals surface area contributed by atoms with Gasteiger partial charge in [-0.2, -0.15) is 4.98 Å². The number of likely N-dealkylation sites (N-methyl/N-ethyl adjacent to an activating group) is 1. The molecule has 6 nitrogen and oxygen atoms in total. The van der Waals surface area contributed by atoms with Crippen molar-refractivity contribution in [1.82, 2.24) is 15.5 Å². The third kappa shape index (κ3) is 3.39. The number of benzene rings is 1. The van der Waals surface area contributed by atoms with Gasteiger partial charge in [0.05, 0.1) is 4.90 Å². The fourth-order valence-electron chi connectivity index (χ4n) is 1.57. The lowest BCUT2D eigenvalue weighted by atomic mass is 10.2. The van der Waals surface area contributed by atoms with Crippen LogP contribution in [-0.2, 0) is 16.3 Å². The molecule has 0 atom stereocenters. The first-order valence-electron chi connectivity index (χ1n) is 5.78. The zero-order valence-corrected chi connectivity index (χ0v) is 11.6. The normalized spacial score (nSPS) is 11.7. The van der Waals surface area contributed by atoms with Crippen LogP contribution < -0.4 is 5.32 Å². The van der Waals surface area contributed by atoms with E-state index < -0.39 is 9.84 Å². The fraction of sp³-hybridized carbons (Fsp3) is 0.333. The van der Waals surface area contributed by atoms with E-state index in [1.165, 1.54) is 12.1 Å². The van der Waals surface area contributed by atoms with Gasteiger partial charge in [-0.05, 0) is 25.2 Å². The Morgan fingerprint density at radius 1 is 1.37 bits per heavy atom. The minimum absolute atomic E-state index is 0.236. The summed E-state index contributed by atoms with van der Waals surface area (Å²) in [6, 6.07) is 6.47. The second-order valence-corrected chi connectivity index (χ2v) is 6.19. The number of nitrogens with zero attached hydrogens (tertiary/aromatic N) is 2. The molecule has 1 N–H and O–H groups in total. The van der Waals surface area contributed by atoms with Crippen molar-refractivity contribution >= 4 is 9.84 Å². The molecular formula is C12H15N3O3S. The molecule has 19 heavy (non-hydrogen) atoms. The van der Waals surface area contributed by atoms with E-state index in [1.807, 2.05) is 7.05 Å². The van der Waals surface area contributed by atoms with Crippen molar-refractivity contribution in [2.75, 3.05) is 19.8 Å². The molecule has 0 unspecified atom stereocenters. The Kier molecular flexibility index (Phi) is 3.96. The standard InChI is InChI=1S/C12H15N3O3S/c1-13-7-6-11-14-12(18-15-11)9-4-3-5-10(8-9)19(2,16)17/h3-5,8,13H,6-7H2,1-2H3. The third-order valence-corrected chi connectivity index (χ3v) is 3.69. The number of hydrogen-bond donors (Lipinski definition) is 1. The van der Waals surface area contributed by atoms with E-state index in [1.54, 1.807) is 12.1 Å². The van der Waals surface area contributed by atoms with Gasteiger partial charge < -0.3 is 9.84 Å². The van der Waals surface area contributed by atoms with Crippen LogP contribution >= 0.6 is 0 Å². The lowest BCUT2D eigenvalue weighted by Crippen LogP contribution is -2.11.